The fourth-order valence-electron chi connectivity index (χ4n) is 3.43. The minimum atomic E-state index is -4.12. The molecule has 1 N–H and O–H groups in total. The summed E-state index contributed by atoms with van der Waals surface area (Å²) in [4.78, 5) is 28.0. The van der Waals surface area contributed by atoms with Crippen LogP contribution >= 0.6 is 11.6 Å². The van der Waals surface area contributed by atoms with Gasteiger partial charge in [-0.15, -0.1) is 0 Å². The molecule has 0 fully saturated rings. The molecule has 2 aromatic carbocycles. The molecule has 0 saturated heterocycles. The second kappa shape index (κ2) is 12.3. The monoisotopic (exact) mass is 526 g/mol. The smallest absolute Gasteiger partial charge is 0.304 e. The highest BCUT2D eigenvalue weighted by Crippen LogP contribution is 2.23. The van der Waals surface area contributed by atoms with Gasteiger partial charge in [-0.3, -0.25) is 9.59 Å². The number of hydrogen-bond acceptors (Lipinski definition) is 4. The van der Waals surface area contributed by atoms with E-state index in [-0.39, 0.29) is 24.2 Å². The maximum atomic E-state index is 13.7. The van der Waals surface area contributed by atoms with Crippen LogP contribution in [0.5, 0.6) is 0 Å². The summed E-state index contributed by atoms with van der Waals surface area (Å²) in [6.45, 7) is 4.80. The first kappa shape index (κ1) is 28.5. The van der Waals surface area contributed by atoms with Gasteiger partial charge in [-0.2, -0.15) is 12.7 Å². The lowest BCUT2D eigenvalue weighted by atomic mass is 10.1. The Morgan fingerprint density at radius 1 is 1.06 bits per heavy atom. The summed E-state index contributed by atoms with van der Waals surface area (Å²) in [7, 11) is -1.44. The van der Waals surface area contributed by atoms with Crippen molar-refractivity contribution in [2.45, 2.75) is 45.8 Å². The molecule has 0 aliphatic heterocycles. The van der Waals surface area contributed by atoms with Gasteiger partial charge in [-0.1, -0.05) is 36.7 Å². The van der Waals surface area contributed by atoms with E-state index in [2.05, 4.69) is 5.32 Å². The third-order valence-corrected chi connectivity index (χ3v) is 7.44. The van der Waals surface area contributed by atoms with Gasteiger partial charge in [0.15, 0.2) is 0 Å². The first-order chi connectivity index (χ1) is 16.4. The fourth-order valence-corrected chi connectivity index (χ4v) is 4.69. The van der Waals surface area contributed by atoms with Crippen molar-refractivity contribution >= 4 is 39.3 Å². The van der Waals surface area contributed by atoms with Crippen LogP contribution in [0.2, 0.25) is 5.02 Å². The van der Waals surface area contributed by atoms with Crippen LogP contribution in [0.15, 0.2) is 48.5 Å². The summed E-state index contributed by atoms with van der Waals surface area (Å²) in [6.07, 6.45) is 0.297. The number of carbonyl (C=O) groups excluding carboxylic acids is 2. The van der Waals surface area contributed by atoms with E-state index < -0.39 is 34.5 Å². The van der Waals surface area contributed by atoms with Gasteiger partial charge in [0.05, 0.1) is 5.69 Å². The molecule has 11 heteroatoms. The van der Waals surface area contributed by atoms with E-state index in [0.29, 0.717) is 17.0 Å². The van der Waals surface area contributed by atoms with Crippen LogP contribution in [0.25, 0.3) is 0 Å². The molecular formula is C24H32ClFN4O4S. The third kappa shape index (κ3) is 7.39. The number of halogens is 2. The average Bonchev–Trinajstić information content (AvgIpc) is 2.78. The summed E-state index contributed by atoms with van der Waals surface area (Å²) < 4.78 is 41.5. The largest absolute Gasteiger partial charge is 0.352 e. The van der Waals surface area contributed by atoms with Crippen LogP contribution < -0.4 is 9.62 Å². The zero-order valence-electron chi connectivity index (χ0n) is 20.5. The van der Waals surface area contributed by atoms with Gasteiger partial charge in [-0.25, -0.2) is 8.70 Å². The lowest BCUT2D eigenvalue weighted by molar-refractivity contribution is -0.140. The van der Waals surface area contributed by atoms with Gasteiger partial charge in [0.25, 0.3) is 0 Å². The zero-order chi connectivity index (χ0) is 26.3. The highest BCUT2D eigenvalue weighted by molar-refractivity contribution is 7.90. The average molecular weight is 527 g/mol. The Morgan fingerprint density at radius 3 is 2.17 bits per heavy atom. The van der Waals surface area contributed by atoms with Crippen LogP contribution in [0, 0.1) is 5.82 Å². The van der Waals surface area contributed by atoms with Crippen LogP contribution in [0.1, 0.15) is 32.8 Å². The van der Waals surface area contributed by atoms with Gasteiger partial charge >= 0.3 is 10.2 Å². The molecule has 0 heterocycles. The molecule has 0 aliphatic rings. The first-order valence-corrected chi connectivity index (χ1v) is 12.9. The normalized spacial score (nSPS) is 12.5. The van der Waals surface area contributed by atoms with E-state index in [0.717, 1.165) is 20.7 Å². The van der Waals surface area contributed by atoms with Gasteiger partial charge in [0.2, 0.25) is 11.8 Å². The van der Waals surface area contributed by atoms with E-state index in [9.17, 15) is 22.4 Å². The second-order valence-electron chi connectivity index (χ2n) is 8.47. The number of rotatable bonds is 11. The zero-order valence-corrected chi connectivity index (χ0v) is 22.1. The highest BCUT2D eigenvalue weighted by atomic mass is 35.5. The summed E-state index contributed by atoms with van der Waals surface area (Å²) in [6, 6.07) is 10.7. The summed E-state index contributed by atoms with van der Waals surface area (Å²) >= 11 is 6.33. The fraction of sp³-hybridized carbons (Fsp3) is 0.417. The molecule has 0 saturated carbocycles. The third-order valence-electron chi connectivity index (χ3n) is 5.25. The Kier molecular flexibility index (Phi) is 10.1. The topological polar surface area (TPSA) is 90.0 Å². The van der Waals surface area contributed by atoms with Crippen LogP contribution in [0.3, 0.4) is 0 Å². The quantitative estimate of drug-likeness (QED) is 0.486. The van der Waals surface area contributed by atoms with Crippen molar-refractivity contribution in [3.8, 4) is 0 Å². The Bertz CT molecular complexity index is 1130. The summed E-state index contributed by atoms with van der Waals surface area (Å²) in [5, 5.41) is 3.24. The van der Waals surface area contributed by atoms with Gasteiger partial charge in [0, 0.05) is 31.7 Å². The molecule has 1 atom stereocenters. The SMILES string of the molecule is CC[C@H](C(=O)NC(C)C)N(Cc1ccccc1Cl)C(=O)CN(c1ccc(F)cc1)S(=O)(=O)N(C)C. The molecule has 0 radical (unpaired) electrons. The lowest BCUT2D eigenvalue weighted by Crippen LogP contribution is -2.54. The van der Waals surface area contributed by atoms with Crippen LogP contribution in [-0.4, -0.2) is 62.2 Å². The van der Waals surface area contributed by atoms with E-state index in [1.165, 1.54) is 31.1 Å². The Labute approximate surface area is 211 Å². The van der Waals surface area contributed by atoms with Crippen LogP contribution in [0.4, 0.5) is 10.1 Å². The Morgan fingerprint density at radius 2 is 1.66 bits per heavy atom. The number of amides is 2. The molecular weight excluding hydrogens is 495 g/mol. The van der Waals surface area contributed by atoms with Gasteiger partial charge in [-0.05, 0) is 56.2 Å². The minimum Gasteiger partial charge on any atom is -0.352 e. The second-order valence-corrected chi connectivity index (χ2v) is 10.9. The standard InChI is InChI=1S/C24H32ClFN4O4S/c1-6-22(24(32)27-17(2)3)29(15-18-9-7-8-10-21(18)25)23(31)16-30(35(33,34)28(4)5)20-13-11-19(26)12-14-20/h7-14,17,22H,6,15-16H2,1-5H3,(H,27,32)/t22-/m1/s1. The Balaban J connectivity index is 2.51. The van der Waals surface area contributed by atoms with Crippen LogP contribution in [-0.2, 0) is 26.3 Å². The number of hydrogen-bond donors (Lipinski definition) is 1. The molecule has 0 aliphatic carbocycles. The molecule has 192 valence electrons. The van der Waals surface area contributed by atoms with Crippen molar-refractivity contribution < 1.29 is 22.4 Å². The predicted molar refractivity (Wildman–Crippen MR) is 136 cm³/mol. The predicted octanol–water partition coefficient (Wildman–Crippen LogP) is 3.42. The summed E-state index contributed by atoms with van der Waals surface area (Å²) in [5.74, 6) is -1.50. The molecule has 0 bridgehead atoms. The molecule has 2 rings (SSSR count). The van der Waals surface area contributed by atoms with Gasteiger partial charge < -0.3 is 10.2 Å². The maximum absolute atomic E-state index is 13.7. The van der Waals surface area contributed by atoms with E-state index in [1.807, 2.05) is 13.8 Å². The molecule has 2 aromatic rings. The number of carbonyl (C=O) groups is 2. The first-order valence-electron chi connectivity index (χ1n) is 11.2. The van der Waals surface area contributed by atoms with E-state index in [1.54, 1.807) is 31.2 Å². The van der Waals surface area contributed by atoms with Gasteiger partial charge in [0.1, 0.15) is 18.4 Å². The van der Waals surface area contributed by atoms with Crippen molar-refractivity contribution in [3.63, 3.8) is 0 Å². The molecule has 0 spiro atoms. The van der Waals surface area contributed by atoms with Crippen molar-refractivity contribution in [1.82, 2.24) is 14.5 Å². The van der Waals surface area contributed by atoms with E-state index in [4.69, 9.17) is 11.6 Å². The number of anilines is 1. The van der Waals surface area contributed by atoms with Crippen molar-refractivity contribution in [2.24, 2.45) is 0 Å². The minimum absolute atomic E-state index is 0.00178. The number of benzene rings is 2. The maximum Gasteiger partial charge on any atom is 0.304 e. The lowest BCUT2D eigenvalue weighted by Gasteiger charge is -2.34. The molecule has 0 unspecified atom stereocenters. The summed E-state index contributed by atoms with van der Waals surface area (Å²) in [5.41, 5.74) is 0.730. The molecule has 35 heavy (non-hydrogen) atoms. The van der Waals surface area contributed by atoms with Crippen molar-refractivity contribution in [1.29, 1.82) is 0 Å². The molecule has 0 aromatic heterocycles. The molecule has 8 nitrogen and oxygen atoms in total. The highest BCUT2D eigenvalue weighted by Gasteiger charge is 2.34. The van der Waals surface area contributed by atoms with Crippen molar-refractivity contribution in [3.05, 3.63) is 64.9 Å². The Hall–Kier alpha value is -2.69. The molecule has 2 amide bonds. The van der Waals surface area contributed by atoms with E-state index >= 15 is 0 Å². The number of nitrogens with one attached hydrogen (secondary N) is 1. The number of nitrogens with zero attached hydrogens (tertiary/aromatic N) is 3. The van der Waals surface area contributed by atoms with Crippen molar-refractivity contribution in [2.75, 3.05) is 24.9 Å².